The number of aryl methyl sites for hydroxylation is 1. The van der Waals surface area contributed by atoms with Gasteiger partial charge in [-0.2, -0.15) is 4.57 Å². The number of aromatic nitrogens is 1. The van der Waals surface area contributed by atoms with Crippen molar-refractivity contribution >= 4 is 79.7 Å². The largest absolute Gasteiger partial charge is 0.338 e. The number of hydrogen-bond acceptors (Lipinski definition) is 4. The molecule has 0 radical (unpaired) electrons. The van der Waals surface area contributed by atoms with Crippen molar-refractivity contribution in [3.8, 4) is 0 Å². The summed E-state index contributed by atoms with van der Waals surface area (Å²) in [4.78, 5) is 5.85. The van der Waals surface area contributed by atoms with E-state index in [-0.39, 0.29) is 0 Å². The Labute approximate surface area is 276 Å². The van der Waals surface area contributed by atoms with E-state index in [1.165, 1.54) is 36.5 Å². The molecule has 1 aliphatic carbocycles. The van der Waals surface area contributed by atoms with Crippen LogP contribution in [-0.2, 0) is 7.05 Å². The molecule has 2 aliphatic rings. The molecule has 2 heterocycles. The zero-order chi connectivity index (χ0) is 30.2. The topological polar surface area (TPSA) is 10.4 Å². The second-order valence-electron chi connectivity index (χ2n) is 10.8. The number of nitrogens with zero attached hydrogens (tertiary/aromatic N) is 3. The number of anilines is 3. The molecule has 0 amide bonds. The molecule has 0 fully saturated rings. The van der Waals surface area contributed by atoms with E-state index in [9.17, 15) is 0 Å². The maximum Gasteiger partial charge on any atom is 0.262 e. The Balaban J connectivity index is 1.34. The number of allylic oxidation sites excluding steroid dienone is 5. The lowest BCUT2D eigenvalue weighted by Crippen LogP contribution is -2.28. The van der Waals surface area contributed by atoms with Gasteiger partial charge in [0, 0.05) is 45.5 Å². The third-order valence-corrected chi connectivity index (χ3v) is 10.9. The minimum atomic E-state index is 0.754. The fourth-order valence-corrected chi connectivity index (χ4v) is 8.20. The van der Waals surface area contributed by atoms with Crippen LogP contribution in [0.3, 0.4) is 0 Å². The fraction of sp³-hybridized carbons (Fsp3) is 0.108. The van der Waals surface area contributed by atoms with E-state index in [2.05, 4.69) is 126 Å². The van der Waals surface area contributed by atoms with Gasteiger partial charge < -0.3 is 9.80 Å². The van der Waals surface area contributed by atoms with E-state index < -0.39 is 0 Å². The predicted molar refractivity (Wildman–Crippen MR) is 190 cm³/mol. The standard InChI is InChI=1S/C37H30Cl2N3S2/c1-40-31-23-27(38)17-19-33(31)43-35(40)21-15-25-13-14-26(16-22-36-41(2)32-24-28(39)18-20-34(32)44-36)37(25)42(29-9-5-3-6-10-29)30-11-7-4-8-12-30/h3-12,15-24H,13-14H2,1-2H3/q+1. The Morgan fingerprint density at radius 3 is 2.20 bits per heavy atom. The average molecular weight is 652 g/mol. The molecule has 44 heavy (non-hydrogen) atoms. The Morgan fingerprint density at radius 1 is 0.795 bits per heavy atom. The molecule has 0 atom stereocenters. The highest BCUT2D eigenvalue weighted by Gasteiger charge is 2.27. The quantitative estimate of drug-likeness (QED) is 0.169. The lowest BCUT2D eigenvalue weighted by Gasteiger charge is -2.28. The van der Waals surface area contributed by atoms with Gasteiger partial charge in [-0.3, -0.25) is 0 Å². The number of rotatable bonds is 6. The number of thioether (sulfide) groups is 1. The summed E-state index contributed by atoms with van der Waals surface area (Å²) in [5.41, 5.74) is 8.40. The number of thiazole rings is 1. The predicted octanol–water partition coefficient (Wildman–Crippen LogP) is 10.9. The third kappa shape index (κ3) is 5.62. The maximum atomic E-state index is 6.33. The van der Waals surface area contributed by atoms with Gasteiger partial charge in [0.25, 0.3) is 5.01 Å². The summed E-state index contributed by atoms with van der Waals surface area (Å²) in [5.74, 6) is 0. The van der Waals surface area contributed by atoms with E-state index in [1.807, 2.05) is 24.3 Å². The van der Waals surface area contributed by atoms with Gasteiger partial charge in [0.15, 0.2) is 0 Å². The lowest BCUT2D eigenvalue weighted by atomic mass is 10.1. The molecule has 0 saturated carbocycles. The smallest absolute Gasteiger partial charge is 0.262 e. The molecule has 0 unspecified atom stereocenters. The van der Waals surface area contributed by atoms with Gasteiger partial charge in [-0.25, -0.2) is 0 Å². The van der Waals surface area contributed by atoms with Crippen LogP contribution < -0.4 is 14.4 Å². The van der Waals surface area contributed by atoms with Crippen LogP contribution >= 0.6 is 46.3 Å². The molecule has 5 aromatic rings. The lowest BCUT2D eigenvalue weighted by molar-refractivity contribution is -0.642. The molecule has 0 N–H and O–H groups in total. The first kappa shape index (κ1) is 29.0. The molecule has 4 aromatic carbocycles. The van der Waals surface area contributed by atoms with Crippen molar-refractivity contribution in [1.29, 1.82) is 0 Å². The molecule has 1 aromatic heterocycles. The molecule has 0 saturated heterocycles. The monoisotopic (exact) mass is 650 g/mol. The maximum absolute atomic E-state index is 6.33. The van der Waals surface area contributed by atoms with E-state index >= 15 is 0 Å². The van der Waals surface area contributed by atoms with Crippen molar-refractivity contribution in [2.45, 2.75) is 17.7 Å². The Bertz CT molecular complexity index is 1950. The highest BCUT2D eigenvalue weighted by atomic mass is 35.5. The van der Waals surface area contributed by atoms with Gasteiger partial charge in [0.05, 0.1) is 16.4 Å². The van der Waals surface area contributed by atoms with Crippen LogP contribution in [-0.4, -0.2) is 7.05 Å². The van der Waals surface area contributed by atoms with Crippen molar-refractivity contribution in [3.05, 3.63) is 152 Å². The second-order valence-corrected chi connectivity index (χ2v) is 13.8. The SMILES string of the molecule is CN1C(=CC=C2CCC(C=Cc3sc4ccc(Cl)cc4[n+]3C)=C2N(c2ccccc2)c2ccccc2)Sc2ccc(Cl)cc21. The summed E-state index contributed by atoms with van der Waals surface area (Å²) in [6.07, 6.45) is 11.0. The number of fused-ring (bicyclic) bond motifs is 2. The second kappa shape index (κ2) is 12.3. The Kier molecular flexibility index (Phi) is 8.13. The summed E-state index contributed by atoms with van der Waals surface area (Å²) >= 11 is 16.2. The molecule has 0 spiro atoms. The number of para-hydroxylation sites is 2. The van der Waals surface area contributed by atoms with Crippen molar-refractivity contribution in [1.82, 2.24) is 0 Å². The summed E-state index contributed by atoms with van der Waals surface area (Å²) in [7, 11) is 4.22. The van der Waals surface area contributed by atoms with Crippen LogP contribution in [0.15, 0.2) is 142 Å². The highest BCUT2D eigenvalue weighted by Crippen LogP contribution is 2.47. The fourth-order valence-electron chi connectivity index (χ4n) is 5.80. The Hall–Kier alpha value is -3.74. The zero-order valence-corrected chi connectivity index (χ0v) is 27.5. The minimum absolute atomic E-state index is 0.754. The molecule has 218 valence electrons. The van der Waals surface area contributed by atoms with Crippen molar-refractivity contribution in [2.75, 3.05) is 16.8 Å². The molecule has 7 heteroatoms. The normalized spacial score (nSPS) is 16.7. The molecular weight excluding hydrogens is 621 g/mol. The first-order valence-electron chi connectivity index (χ1n) is 14.5. The van der Waals surface area contributed by atoms with Crippen LogP contribution in [0.25, 0.3) is 16.3 Å². The first-order chi connectivity index (χ1) is 21.5. The third-order valence-electron chi connectivity index (χ3n) is 8.03. The van der Waals surface area contributed by atoms with E-state index in [0.717, 1.165) is 45.5 Å². The molecule has 3 nitrogen and oxygen atoms in total. The first-order valence-corrected chi connectivity index (χ1v) is 16.9. The summed E-state index contributed by atoms with van der Waals surface area (Å²) in [5, 5.41) is 3.87. The molecule has 1 aliphatic heterocycles. The van der Waals surface area contributed by atoms with E-state index in [4.69, 9.17) is 23.2 Å². The van der Waals surface area contributed by atoms with Crippen molar-refractivity contribution in [2.24, 2.45) is 7.05 Å². The molecule has 7 rings (SSSR count). The van der Waals surface area contributed by atoms with E-state index in [1.54, 1.807) is 23.1 Å². The summed E-state index contributed by atoms with van der Waals surface area (Å²) in [6.45, 7) is 0. The van der Waals surface area contributed by atoms with Gasteiger partial charge in [-0.05, 0) is 90.7 Å². The van der Waals surface area contributed by atoms with Crippen LogP contribution in [0.1, 0.15) is 17.8 Å². The number of halogens is 2. The van der Waals surface area contributed by atoms with Crippen molar-refractivity contribution in [3.63, 3.8) is 0 Å². The number of hydrogen-bond donors (Lipinski definition) is 0. The zero-order valence-electron chi connectivity index (χ0n) is 24.4. The van der Waals surface area contributed by atoms with Gasteiger partial charge in [-0.15, -0.1) is 0 Å². The highest BCUT2D eigenvalue weighted by molar-refractivity contribution is 8.03. The minimum Gasteiger partial charge on any atom is -0.338 e. The van der Waals surface area contributed by atoms with E-state index in [0.29, 0.717) is 0 Å². The van der Waals surface area contributed by atoms with Gasteiger partial charge in [0.1, 0.15) is 11.7 Å². The molecule has 0 bridgehead atoms. The summed E-state index contributed by atoms with van der Waals surface area (Å²) in [6, 6.07) is 33.5. The van der Waals surface area contributed by atoms with Gasteiger partial charge in [0.2, 0.25) is 5.52 Å². The van der Waals surface area contributed by atoms with Crippen LogP contribution in [0, 0.1) is 0 Å². The van der Waals surface area contributed by atoms with Gasteiger partial charge in [-0.1, -0.05) is 88.8 Å². The van der Waals surface area contributed by atoms with Crippen LogP contribution in [0.5, 0.6) is 0 Å². The number of benzene rings is 4. The van der Waals surface area contributed by atoms with Crippen molar-refractivity contribution < 1.29 is 4.57 Å². The average Bonchev–Trinajstić information content (AvgIpc) is 3.69. The summed E-state index contributed by atoms with van der Waals surface area (Å²) < 4.78 is 3.45. The van der Waals surface area contributed by atoms with Crippen LogP contribution in [0.2, 0.25) is 10.0 Å². The Morgan fingerprint density at radius 2 is 1.48 bits per heavy atom. The van der Waals surface area contributed by atoms with Gasteiger partial charge >= 0.3 is 0 Å². The van der Waals surface area contributed by atoms with Crippen LogP contribution in [0.4, 0.5) is 17.1 Å². The molecular formula is C37H30Cl2N3S2+.